The number of hydrogen-bond acceptors (Lipinski definition) is 2. The van der Waals surface area contributed by atoms with E-state index in [9.17, 15) is 4.79 Å². The molecule has 0 aliphatic rings. The molecule has 1 N–H and O–H groups in total. The second-order valence-corrected chi connectivity index (χ2v) is 4.57. The van der Waals surface area contributed by atoms with Crippen LogP contribution < -0.4 is 5.32 Å². The van der Waals surface area contributed by atoms with Crippen molar-refractivity contribution in [2.24, 2.45) is 0 Å². The van der Waals surface area contributed by atoms with Gasteiger partial charge in [-0.15, -0.1) is 0 Å². The molecule has 5 heteroatoms. The van der Waals surface area contributed by atoms with Gasteiger partial charge >= 0.3 is 0 Å². The fourth-order valence-electron chi connectivity index (χ4n) is 1.37. The smallest absolute Gasteiger partial charge is 0.220 e. The first-order valence-corrected chi connectivity index (χ1v) is 6.66. The van der Waals surface area contributed by atoms with Gasteiger partial charge in [0.2, 0.25) is 5.91 Å². The van der Waals surface area contributed by atoms with E-state index < -0.39 is 0 Å². The average molecular weight is 288 g/mol. The van der Waals surface area contributed by atoms with Crippen molar-refractivity contribution in [3.8, 4) is 0 Å². The van der Waals surface area contributed by atoms with Crippen LogP contribution in [0.1, 0.15) is 24.8 Å². The van der Waals surface area contributed by atoms with Crippen molar-refractivity contribution in [3.05, 3.63) is 18.0 Å². The third-order valence-corrected chi connectivity index (χ3v) is 2.77. The Morgan fingerprint density at radius 3 is 3.00 bits per heavy atom. The number of aromatic nitrogens is 2. The average Bonchev–Trinajstić information content (AvgIpc) is 2.65. The maximum absolute atomic E-state index is 11.4. The summed E-state index contributed by atoms with van der Waals surface area (Å²) in [5.74, 6) is 0.129. The van der Waals surface area contributed by atoms with Crippen LogP contribution in [0.15, 0.2) is 12.4 Å². The van der Waals surface area contributed by atoms with Gasteiger partial charge in [0, 0.05) is 24.5 Å². The molecule has 90 valence electrons. The Labute approximate surface area is 105 Å². The Bertz CT molecular complexity index is 325. The maximum atomic E-state index is 11.4. The topological polar surface area (TPSA) is 46.9 Å². The van der Waals surface area contributed by atoms with Crippen LogP contribution in [0.5, 0.6) is 0 Å². The van der Waals surface area contributed by atoms with Crippen molar-refractivity contribution in [3.63, 3.8) is 0 Å². The summed E-state index contributed by atoms with van der Waals surface area (Å²) in [6, 6.07) is 0. The van der Waals surface area contributed by atoms with Crippen LogP contribution in [0.2, 0.25) is 0 Å². The zero-order valence-corrected chi connectivity index (χ0v) is 11.2. The highest BCUT2D eigenvalue weighted by Crippen LogP contribution is 1.98. The van der Waals surface area contributed by atoms with Crippen molar-refractivity contribution in [2.75, 3.05) is 11.9 Å². The molecule has 0 saturated heterocycles. The molecule has 0 atom stereocenters. The number of rotatable bonds is 7. The SMILES string of the molecule is Cc1cnn(CCNC(=O)CCCCBr)c1. The molecule has 1 rings (SSSR count). The summed E-state index contributed by atoms with van der Waals surface area (Å²) in [6.45, 7) is 3.38. The number of nitrogens with one attached hydrogen (secondary N) is 1. The van der Waals surface area contributed by atoms with Gasteiger partial charge in [-0.05, 0) is 25.3 Å². The highest BCUT2D eigenvalue weighted by atomic mass is 79.9. The maximum Gasteiger partial charge on any atom is 0.220 e. The molecular formula is C11H18BrN3O. The van der Waals surface area contributed by atoms with Gasteiger partial charge in [-0.25, -0.2) is 0 Å². The Kier molecular flexibility index (Phi) is 6.15. The minimum absolute atomic E-state index is 0.129. The number of carbonyl (C=O) groups is 1. The zero-order valence-electron chi connectivity index (χ0n) is 9.58. The van der Waals surface area contributed by atoms with E-state index in [1.165, 1.54) is 0 Å². The van der Waals surface area contributed by atoms with E-state index in [0.717, 1.165) is 30.3 Å². The molecule has 0 aliphatic carbocycles. The van der Waals surface area contributed by atoms with E-state index >= 15 is 0 Å². The lowest BCUT2D eigenvalue weighted by molar-refractivity contribution is -0.121. The van der Waals surface area contributed by atoms with Crippen LogP contribution in [-0.4, -0.2) is 27.6 Å². The number of hydrogen-bond donors (Lipinski definition) is 1. The van der Waals surface area contributed by atoms with Gasteiger partial charge < -0.3 is 5.32 Å². The molecule has 0 radical (unpaired) electrons. The second kappa shape index (κ2) is 7.44. The van der Waals surface area contributed by atoms with Gasteiger partial charge in [-0.3, -0.25) is 9.48 Å². The first-order valence-electron chi connectivity index (χ1n) is 5.54. The van der Waals surface area contributed by atoms with Crippen molar-refractivity contribution < 1.29 is 4.79 Å². The lowest BCUT2D eigenvalue weighted by atomic mass is 10.2. The first-order chi connectivity index (χ1) is 7.72. The zero-order chi connectivity index (χ0) is 11.8. The highest BCUT2D eigenvalue weighted by molar-refractivity contribution is 9.09. The van der Waals surface area contributed by atoms with E-state index in [1.54, 1.807) is 0 Å². The van der Waals surface area contributed by atoms with E-state index in [-0.39, 0.29) is 5.91 Å². The summed E-state index contributed by atoms with van der Waals surface area (Å²) in [7, 11) is 0. The van der Waals surface area contributed by atoms with E-state index in [1.807, 2.05) is 24.0 Å². The predicted molar refractivity (Wildman–Crippen MR) is 67.6 cm³/mol. The summed E-state index contributed by atoms with van der Waals surface area (Å²) in [5, 5.41) is 8.00. The number of halogens is 1. The molecule has 0 aromatic carbocycles. The highest BCUT2D eigenvalue weighted by Gasteiger charge is 2.00. The van der Waals surface area contributed by atoms with Crippen LogP contribution in [0.25, 0.3) is 0 Å². The third kappa shape index (κ3) is 5.30. The molecule has 0 fully saturated rings. The molecule has 4 nitrogen and oxygen atoms in total. The minimum atomic E-state index is 0.129. The summed E-state index contributed by atoms with van der Waals surface area (Å²) in [6.07, 6.45) is 6.39. The van der Waals surface area contributed by atoms with Crippen molar-refractivity contribution >= 4 is 21.8 Å². The van der Waals surface area contributed by atoms with Gasteiger partial charge in [0.25, 0.3) is 0 Å². The van der Waals surface area contributed by atoms with E-state index in [0.29, 0.717) is 13.0 Å². The lowest BCUT2D eigenvalue weighted by Gasteiger charge is -2.04. The summed E-state index contributed by atoms with van der Waals surface area (Å²) < 4.78 is 1.84. The summed E-state index contributed by atoms with van der Waals surface area (Å²) in [4.78, 5) is 11.4. The molecule has 0 bridgehead atoms. The molecular weight excluding hydrogens is 270 g/mol. The number of aryl methyl sites for hydroxylation is 1. The molecule has 0 spiro atoms. The van der Waals surface area contributed by atoms with Gasteiger partial charge in [-0.1, -0.05) is 15.9 Å². The Morgan fingerprint density at radius 1 is 1.56 bits per heavy atom. The third-order valence-electron chi connectivity index (χ3n) is 2.21. The van der Waals surface area contributed by atoms with E-state index in [4.69, 9.17) is 0 Å². The fourth-order valence-corrected chi connectivity index (χ4v) is 1.76. The van der Waals surface area contributed by atoms with Crippen LogP contribution in [0.4, 0.5) is 0 Å². The standard InChI is InChI=1S/C11H18BrN3O/c1-10-8-14-15(9-10)7-6-13-11(16)4-2-3-5-12/h8-9H,2-7H2,1H3,(H,13,16). The van der Waals surface area contributed by atoms with Crippen LogP contribution in [-0.2, 0) is 11.3 Å². The van der Waals surface area contributed by atoms with Gasteiger partial charge in [0.1, 0.15) is 0 Å². The lowest BCUT2D eigenvalue weighted by Crippen LogP contribution is -2.27. The second-order valence-electron chi connectivity index (χ2n) is 3.78. The van der Waals surface area contributed by atoms with E-state index in [2.05, 4.69) is 26.3 Å². The number of alkyl halides is 1. The van der Waals surface area contributed by atoms with Crippen LogP contribution in [0.3, 0.4) is 0 Å². The largest absolute Gasteiger partial charge is 0.354 e. The van der Waals surface area contributed by atoms with Crippen LogP contribution >= 0.6 is 15.9 Å². The fraction of sp³-hybridized carbons (Fsp3) is 0.636. The van der Waals surface area contributed by atoms with Crippen LogP contribution in [0, 0.1) is 6.92 Å². The van der Waals surface area contributed by atoms with Gasteiger partial charge in [0.15, 0.2) is 0 Å². The number of nitrogens with zero attached hydrogens (tertiary/aromatic N) is 2. The molecule has 0 saturated carbocycles. The predicted octanol–water partition coefficient (Wildman–Crippen LogP) is 1.87. The Balaban J connectivity index is 2.08. The molecule has 1 heterocycles. The van der Waals surface area contributed by atoms with Crippen molar-refractivity contribution in [1.82, 2.24) is 15.1 Å². The molecule has 1 amide bonds. The number of carbonyl (C=O) groups excluding carboxylic acids is 1. The molecule has 1 aromatic heterocycles. The van der Waals surface area contributed by atoms with Crippen molar-refractivity contribution in [2.45, 2.75) is 32.7 Å². The van der Waals surface area contributed by atoms with Gasteiger partial charge in [0.05, 0.1) is 12.7 Å². The molecule has 16 heavy (non-hydrogen) atoms. The normalized spacial score (nSPS) is 10.4. The quantitative estimate of drug-likeness (QED) is 0.615. The van der Waals surface area contributed by atoms with Crippen molar-refractivity contribution in [1.29, 1.82) is 0 Å². The minimum Gasteiger partial charge on any atom is -0.354 e. The van der Waals surface area contributed by atoms with Gasteiger partial charge in [-0.2, -0.15) is 5.10 Å². The Hall–Kier alpha value is -0.840. The monoisotopic (exact) mass is 287 g/mol. The molecule has 0 aliphatic heterocycles. The number of amides is 1. The summed E-state index contributed by atoms with van der Waals surface area (Å²) in [5.41, 5.74) is 1.14. The first kappa shape index (κ1) is 13.2. The Morgan fingerprint density at radius 2 is 2.38 bits per heavy atom. The summed E-state index contributed by atoms with van der Waals surface area (Å²) >= 11 is 3.34. The molecule has 1 aromatic rings. The number of unbranched alkanes of at least 4 members (excludes halogenated alkanes) is 1. The molecule has 0 unspecified atom stereocenters.